The van der Waals surface area contributed by atoms with Crippen molar-refractivity contribution in [1.82, 2.24) is 14.9 Å². The van der Waals surface area contributed by atoms with Gasteiger partial charge in [0.15, 0.2) is 5.16 Å². The van der Waals surface area contributed by atoms with Crippen molar-refractivity contribution in [1.29, 1.82) is 0 Å². The van der Waals surface area contributed by atoms with Crippen molar-refractivity contribution in [3.8, 4) is 0 Å². The zero-order valence-corrected chi connectivity index (χ0v) is 15.8. The summed E-state index contributed by atoms with van der Waals surface area (Å²) in [4.78, 5) is 28.4. The minimum atomic E-state index is -0.0382. The number of aromatic nitrogens is 2. The summed E-state index contributed by atoms with van der Waals surface area (Å²) in [6.45, 7) is 3.96. The minimum Gasteiger partial charge on any atom is -0.350 e. The van der Waals surface area contributed by atoms with Crippen molar-refractivity contribution in [2.24, 2.45) is 7.05 Å². The number of rotatable bonds is 8. The molecule has 0 saturated carbocycles. The van der Waals surface area contributed by atoms with E-state index in [1.807, 2.05) is 44.2 Å². The highest BCUT2D eigenvalue weighted by atomic mass is 32.2. The van der Waals surface area contributed by atoms with E-state index in [-0.39, 0.29) is 17.5 Å². The number of nitrogens with one attached hydrogen (secondary N) is 1. The Morgan fingerprint density at radius 3 is 2.72 bits per heavy atom. The Hall–Kier alpha value is -2.08. The summed E-state index contributed by atoms with van der Waals surface area (Å²) in [5.41, 5.74) is 1.87. The molecular weight excluding hydrogens is 334 g/mol. The highest BCUT2D eigenvalue weighted by molar-refractivity contribution is 7.99. The second-order valence-electron chi connectivity index (χ2n) is 5.93. The Labute approximate surface area is 152 Å². The lowest BCUT2D eigenvalue weighted by molar-refractivity contribution is -0.121. The first-order valence-corrected chi connectivity index (χ1v) is 9.54. The van der Waals surface area contributed by atoms with Crippen molar-refractivity contribution in [3.63, 3.8) is 0 Å². The maximum atomic E-state index is 12.1. The Morgan fingerprint density at radius 1 is 1.32 bits per heavy atom. The summed E-state index contributed by atoms with van der Waals surface area (Å²) in [7, 11) is 1.73. The van der Waals surface area contributed by atoms with Gasteiger partial charge in [-0.25, -0.2) is 4.98 Å². The molecule has 1 aromatic heterocycles. The van der Waals surface area contributed by atoms with Gasteiger partial charge in [0.1, 0.15) is 0 Å². The van der Waals surface area contributed by atoms with Gasteiger partial charge in [0.25, 0.3) is 5.56 Å². The van der Waals surface area contributed by atoms with Crippen molar-refractivity contribution in [2.75, 3.05) is 5.75 Å². The molecule has 1 N–H and O–H groups in total. The first-order chi connectivity index (χ1) is 12.0. The number of nitrogens with zero attached hydrogens (tertiary/aromatic N) is 2. The number of hydrogen-bond acceptors (Lipinski definition) is 4. The molecule has 0 saturated heterocycles. The summed E-state index contributed by atoms with van der Waals surface area (Å²) in [6, 6.07) is 11.5. The molecule has 1 aromatic carbocycles. The third kappa shape index (κ3) is 5.74. The van der Waals surface area contributed by atoms with Crippen LogP contribution >= 0.6 is 11.8 Å². The third-order valence-electron chi connectivity index (χ3n) is 3.97. The topological polar surface area (TPSA) is 64.0 Å². The van der Waals surface area contributed by atoms with Crippen LogP contribution in [0.2, 0.25) is 0 Å². The molecule has 0 spiro atoms. The van der Waals surface area contributed by atoms with E-state index in [2.05, 4.69) is 10.3 Å². The molecule has 0 aliphatic carbocycles. The fourth-order valence-electron chi connectivity index (χ4n) is 2.41. The molecule has 1 amide bonds. The van der Waals surface area contributed by atoms with E-state index < -0.39 is 0 Å². The Balaban J connectivity index is 1.78. The highest BCUT2D eigenvalue weighted by Gasteiger charge is 2.10. The van der Waals surface area contributed by atoms with Gasteiger partial charge in [0.2, 0.25) is 5.91 Å². The van der Waals surface area contributed by atoms with Crippen LogP contribution in [0, 0.1) is 0 Å². The third-order valence-corrected chi connectivity index (χ3v) is 5.08. The van der Waals surface area contributed by atoms with Gasteiger partial charge in [0, 0.05) is 31.0 Å². The number of benzene rings is 1. The van der Waals surface area contributed by atoms with E-state index in [0.29, 0.717) is 11.6 Å². The lowest BCUT2D eigenvalue weighted by Crippen LogP contribution is -2.26. The number of carbonyl (C=O) groups excluding carboxylic acids is 1. The molecule has 0 bridgehead atoms. The Kier molecular flexibility index (Phi) is 7.25. The van der Waals surface area contributed by atoms with Gasteiger partial charge < -0.3 is 5.32 Å². The molecule has 1 atom stereocenters. The second kappa shape index (κ2) is 9.42. The van der Waals surface area contributed by atoms with Gasteiger partial charge in [0.05, 0.1) is 6.04 Å². The fraction of sp³-hybridized carbons (Fsp3) is 0.421. The average molecular weight is 359 g/mol. The van der Waals surface area contributed by atoms with E-state index >= 15 is 0 Å². The largest absolute Gasteiger partial charge is 0.350 e. The number of carbonyl (C=O) groups is 1. The van der Waals surface area contributed by atoms with Crippen LogP contribution in [-0.4, -0.2) is 21.2 Å². The standard InChI is InChI=1S/C19H25N3O2S/c1-4-16-13-18(24)22(3)19(21-16)25-12-8-11-17(23)20-14(2)15-9-6-5-7-10-15/h5-7,9-10,13-14H,4,8,11-12H2,1-3H3,(H,20,23). The molecule has 6 heteroatoms. The monoisotopic (exact) mass is 359 g/mol. The molecule has 0 radical (unpaired) electrons. The number of thioether (sulfide) groups is 1. The second-order valence-corrected chi connectivity index (χ2v) is 6.99. The molecule has 134 valence electrons. The summed E-state index contributed by atoms with van der Waals surface area (Å²) in [5, 5.41) is 3.73. The van der Waals surface area contributed by atoms with E-state index in [1.54, 1.807) is 17.7 Å². The van der Waals surface area contributed by atoms with Crippen molar-refractivity contribution in [2.45, 2.75) is 44.3 Å². The Morgan fingerprint density at radius 2 is 2.04 bits per heavy atom. The predicted octanol–water partition coefficient (Wildman–Crippen LogP) is 3.09. The molecule has 0 aliphatic rings. The first-order valence-electron chi connectivity index (χ1n) is 8.55. The minimum absolute atomic E-state index is 0.00470. The van der Waals surface area contributed by atoms with Crippen LogP contribution in [0.5, 0.6) is 0 Å². The van der Waals surface area contributed by atoms with Crippen LogP contribution in [0.1, 0.15) is 44.0 Å². The summed E-state index contributed by atoms with van der Waals surface area (Å²) in [6.07, 6.45) is 1.94. The average Bonchev–Trinajstić information content (AvgIpc) is 2.62. The van der Waals surface area contributed by atoms with Crippen molar-refractivity contribution < 1.29 is 4.79 Å². The number of amides is 1. The molecule has 2 rings (SSSR count). The summed E-state index contributed by atoms with van der Waals surface area (Å²) in [5.74, 6) is 0.793. The molecular formula is C19H25N3O2S. The number of hydrogen-bond donors (Lipinski definition) is 1. The highest BCUT2D eigenvalue weighted by Crippen LogP contribution is 2.16. The Bertz CT molecular complexity index is 759. The van der Waals surface area contributed by atoms with E-state index in [1.165, 1.54) is 11.8 Å². The maximum absolute atomic E-state index is 12.1. The van der Waals surface area contributed by atoms with Gasteiger partial charge in [-0.3, -0.25) is 14.2 Å². The van der Waals surface area contributed by atoms with Gasteiger partial charge in [-0.15, -0.1) is 0 Å². The van der Waals surface area contributed by atoms with Crippen molar-refractivity contribution >= 4 is 17.7 Å². The van der Waals surface area contributed by atoms with Crippen LogP contribution < -0.4 is 10.9 Å². The van der Waals surface area contributed by atoms with Gasteiger partial charge in [-0.05, 0) is 25.3 Å². The van der Waals surface area contributed by atoms with E-state index in [9.17, 15) is 9.59 Å². The molecule has 25 heavy (non-hydrogen) atoms. The first kappa shape index (κ1) is 19.2. The molecule has 1 unspecified atom stereocenters. The van der Waals surface area contributed by atoms with E-state index in [4.69, 9.17) is 0 Å². The number of aryl methyl sites for hydroxylation is 1. The lowest BCUT2D eigenvalue weighted by Gasteiger charge is -2.14. The smallest absolute Gasteiger partial charge is 0.254 e. The van der Waals surface area contributed by atoms with E-state index in [0.717, 1.165) is 29.9 Å². The lowest BCUT2D eigenvalue weighted by atomic mass is 10.1. The van der Waals surface area contributed by atoms with Crippen LogP contribution in [0.15, 0.2) is 46.3 Å². The predicted molar refractivity (Wildman–Crippen MR) is 102 cm³/mol. The van der Waals surface area contributed by atoms with Crippen LogP contribution in [-0.2, 0) is 18.3 Å². The van der Waals surface area contributed by atoms with Crippen LogP contribution in [0.4, 0.5) is 0 Å². The van der Waals surface area contributed by atoms with Crippen LogP contribution in [0.25, 0.3) is 0 Å². The molecule has 5 nitrogen and oxygen atoms in total. The zero-order chi connectivity index (χ0) is 18.2. The van der Waals surface area contributed by atoms with Gasteiger partial charge >= 0.3 is 0 Å². The SMILES string of the molecule is CCc1cc(=O)n(C)c(SCCCC(=O)NC(C)c2ccccc2)n1. The molecule has 0 aliphatic heterocycles. The molecule has 1 heterocycles. The van der Waals surface area contributed by atoms with Gasteiger partial charge in [-0.2, -0.15) is 0 Å². The zero-order valence-electron chi connectivity index (χ0n) is 15.0. The maximum Gasteiger partial charge on any atom is 0.254 e. The van der Waals surface area contributed by atoms with Crippen molar-refractivity contribution in [3.05, 3.63) is 58.0 Å². The van der Waals surface area contributed by atoms with Crippen LogP contribution in [0.3, 0.4) is 0 Å². The summed E-state index contributed by atoms with van der Waals surface area (Å²) < 4.78 is 1.56. The fourth-order valence-corrected chi connectivity index (χ4v) is 3.35. The summed E-state index contributed by atoms with van der Waals surface area (Å²) >= 11 is 1.52. The quantitative estimate of drug-likeness (QED) is 0.447. The van der Waals surface area contributed by atoms with Gasteiger partial charge in [-0.1, -0.05) is 49.0 Å². The molecule has 0 fully saturated rings. The molecule has 2 aromatic rings. The normalized spacial score (nSPS) is 12.0.